The summed E-state index contributed by atoms with van der Waals surface area (Å²) in [5.41, 5.74) is 2.47. The highest BCUT2D eigenvalue weighted by atomic mass is 28.4. The Morgan fingerprint density at radius 3 is 1.98 bits per heavy atom. The quantitative estimate of drug-likeness (QED) is 0.163. The van der Waals surface area contributed by atoms with E-state index in [-0.39, 0.29) is 17.2 Å². The van der Waals surface area contributed by atoms with E-state index in [1.807, 2.05) is 66.7 Å². The lowest BCUT2D eigenvalue weighted by Gasteiger charge is -2.45. The SMILES string of the molecule is COc1ccc(N2Cc3cnc(Nc4ccccc4)nc3N(C[C@H](C)O[Si](c3ccccc3)(c3ccccc3)C(C)(C)C)C2=O)cc1. The van der Waals surface area contributed by atoms with Gasteiger partial charge in [0.25, 0.3) is 8.32 Å². The molecule has 4 aromatic carbocycles. The fraction of sp³-hybridized carbons (Fsp3) is 0.237. The first-order valence-electron chi connectivity index (χ1n) is 15.9. The highest BCUT2D eigenvalue weighted by Gasteiger charge is 2.51. The number of rotatable bonds is 10. The molecule has 6 rings (SSSR count). The fourth-order valence-electron chi connectivity index (χ4n) is 6.34. The van der Waals surface area contributed by atoms with Gasteiger partial charge < -0.3 is 14.5 Å². The molecule has 0 aliphatic carbocycles. The summed E-state index contributed by atoms with van der Waals surface area (Å²) in [6.45, 7) is 9.47. The van der Waals surface area contributed by atoms with Crippen LogP contribution in [0.2, 0.25) is 5.04 Å². The Morgan fingerprint density at radius 2 is 1.43 bits per heavy atom. The van der Waals surface area contributed by atoms with Crippen molar-refractivity contribution >= 4 is 47.9 Å². The van der Waals surface area contributed by atoms with Crippen molar-refractivity contribution in [2.45, 2.75) is 45.4 Å². The van der Waals surface area contributed by atoms with Gasteiger partial charge in [0.05, 0.1) is 26.3 Å². The number of benzene rings is 4. The number of carbonyl (C=O) groups is 1. The van der Waals surface area contributed by atoms with Crippen LogP contribution in [0.4, 0.5) is 27.9 Å². The Bertz CT molecular complexity index is 1760. The van der Waals surface area contributed by atoms with E-state index < -0.39 is 8.32 Å². The van der Waals surface area contributed by atoms with Crippen molar-refractivity contribution in [3.63, 3.8) is 0 Å². The lowest BCUT2D eigenvalue weighted by atomic mass is 10.1. The van der Waals surface area contributed by atoms with E-state index in [0.29, 0.717) is 24.9 Å². The molecule has 0 saturated heterocycles. The second-order valence-electron chi connectivity index (χ2n) is 12.8. The maximum atomic E-state index is 14.4. The average molecular weight is 644 g/mol. The van der Waals surface area contributed by atoms with E-state index in [0.717, 1.165) is 22.7 Å². The second-order valence-corrected chi connectivity index (χ2v) is 17.1. The first-order chi connectivity index (χ1) is 22.7. The predicted molar refractivity (Wildman–Crippen MR) is 192 cm³/mol. The van der Waals surface area contributed by atoms with Gasteiger partial charge in [0.2, 0.25) is 5.95 Å². The number of hydrogen-bond donors (Lipinski definition) is 1. The molecule has 1 aliphatic heterocycles. The third-order valence-corrected chi connectivity index (χ3v) is 13.7. The molecule has 0 unspecified atom stereocenters. The Morgan fingerprint density at radius 1 is 0.851 bits per heavy atom. The number of aromatic nitrogens is 2. The molecule has 1 N–H and O–H groups in total. The van der Waals surface area contributed by atoms with Gasteiger partial charge in [0, 0.05) is 23.1 Å². The van der Waals surface area contributed by atoms with Gasteiger partial charge in [-0.05, 0) is 58.7 Å². The molecule has 2 heterocycles. The van der Waals surface area contributed by atoms with Crippen molar-refractivity contribution < 1.29 is 14.0 Å². The standard InChI is InChI=1S/C38H41N5O3Si/c1-28(46-47(38(2,3)4,33-17-11-7-12-18-33)34-19-13-8-14-20-34)26-43-35-29(25-39-36(41-35)40-30-15-9-6-10-16-30)27-42(37(43)44)31-21-23-32(45-5)24-22-31/h6-25,28H,26-27H2,1-5H3,(H,39,40,41)/t28-/m0/s1. The molecule has 0 spiro atoms. The number of nitrogens with zero attached hydrogens (tertiary/aromatic N) is 4. The molecular formula is C38H41N5O3Si. The molecular weight excluding hydrogens is 603 g/mol. The van der Waals surface area contributed by atoms with E-state index in [1.54, 1.807) is 23.1 Å². The lowest BCUT2D eigenvalue weighted by molar-refractivity contribution is 0.206. The van der Waals surface area contributed by atoms with Crippen molar-refractivity contribution in [2.24, 2.45) is 0 Å². The summed E-state index contributed by atoms with van der Waals surface area (Å²) in [5.74, 6) is 1.72. The van der Waals surface area contributed by atoms with Crippen LogP contribution in [-0.2, 0) is 11.0 Å². The highest BCUT2D eigenvalue weighted by Crippen LogP contribution is 2.38. The Labute approximate surface area is 278 Å². The average Bonchev–Trinajstić information content (AvgIpc) is 3.09. The van der Waals surface area contributed by atoms with Crippen LogP contribution < -0.4 is 30.2 Å². The third kappa shape index (κ3) is 6.50. The minimum absolute atomic E-state index is 0.176. The largest absolute Gasteiger partial charge is 0.497 e. The molecule has 1 atom stereocenters. The third-order valence-electron chi connectivity index (χ3n) is 8.54. The number of amides is 2. The van der Waals surface area contributed by atoms with Crippen molar-refractivity contribution in [1.29, 1.82) is 0 Å². The maximum Gasteiger partial charge on any atom is 0.330 e. The molecule has 0 radical (unpaired) electrons. The highest BCUT2D eigenvalue weighted by molar-refractivity contribution is 6.99. The lowest BCUT2D eigenvalue weighted by Crippen LogP contribution is -2.68. The van der Waals surface area contributed by atoms with Gasteiger partial charge in [-0.2, -0.15) is 4.98 Å². The molecule has 2 amide bonds. The molecule has 8 nitrogen and oxygen atoms in total. The molecule has 5 aromatic rings. The molecule has 1 aliphatic rings. The number of urea groups is 1. The molecule has 0 saturated carbocycles. The number of methoxy groups -OCH3 is 1. The zero-order chi connectivity index (χ0) is 33.0. The summed E-state index contributed by atoms with van der Waals surface area (Å²) in [4.78, 5) is 27.5. The Hall–Kier alpha value is -4.99. The number of nitrogens with one attached hydrogen (secondary N) is 1. The number of hydrogen-bond acceptors (Lipinski definition) is 6. The Balaban J connectivity index is 1.39. The summed E-state index contributed by atoms with van der Waals surface area (Å²) in [5, 5.41) is 5.45. The van der Waals surface area contributed by atoms with Gasteiger partial charge >= 0.3 is 6.03 Å². The van der Waals surface area contributed by atoms with Gasteiger partial charge in [-0.3, -0.25) is 9.80 Å². The summed E-state index contributed by atoms with van der Waals surface area (Å²) in [6.07, 6.45) is 1.46. The van der Waals surface area contributed by atoms with Gasteiger partial charge in [0.1, 0.15) is 11.6 Å². The summed E-state index contributed by atoms with van der Waals surface area (Å²) >= 11 is 0. The Kier molecular flexibility index (Phi) is 9.11. The molecule has 1 aromatic heterocycles. The van der Waals surface area contributed by atoms with Crippen molar-refractivity contribution in [3.8, 4) is 5.75 Å². The number of fused-ring (bicyclic) bond motifs is 1. The van der Waals surface area contributed by atoms with Crippen molar-refractivity contribution in [1.82, 2.24) is 9.97 Å². The van der Waals surface area contributed by atoms with Crippen LogP contribution in [0.3, 0.4) is 0 Å². The molecule has 240 valence electrons. The second kappa shape index (κ2) is 13.4. The van der Waals surface area contributed by atoms with Crippen LogP contribution in [0.15, 0.2) is 121 Å². The fourth-order valence-corrected chi connectivity index (χ4v) is 11.0. The number of carbonyl (C=O) groups excluding carboxylic acids is 1. The summed E-state index contributed by atoms with van der Waals surface area (Å²) < 4.78 is 12.8. The van der Waals surface area contributed by atoms with E-state index >= 15 is 0 Å². The van der Waals surface area contributed by atoms with Crippen LogP contribution in [0.5, 0.6) is 5.75 Å². The first kappa shape index (κ1) is 32.0. The zero-order valence-corrected chi connectivity index (χ0v) is 28.6. The molecule has 9 heteroatoms. The van der Waals surface area contributed by atoms with Gasteiger partial charge in [-0.25, -0.2) is 9.78 Å². The summed E-state index contributed by atoms with van der Waals surface area (Å²) in [6, 6.07) is 38.2. The van der Waals surface area contributed by atoms with Crippen LogP contribution in [-0.4, -0.2) is 44.1 Å². The summed E-state index contributed by atoms with van der Waals surface area (Å²) in [7, 11) is -1.24. The minimum Gasteiger partial charge on any atom is -0.497 e. The smallest absolute Gasteiger partial charge is 0.330 e. The van der Waals surface area contributed by atoms with E-state index in [2.05, 4.69) is 86.5 Å². The normalized spacial score (nSPS) is 14.0. The van der Waals surface area contributed by atoms with Gasteiger partial charge in [-0.1, -0.05) is 99.6 Å². The van der Waals surface area contributed by atoms with Crippen molar-refractivity contribution in [3.05, 3.63) is 127 Å². The van der Waals surface area contributed by atoms with Crippen LogP contribution >= 0.6 is 0 Å². The van der Waals surface area contributed by atoms with Crippen molar-refractivity contribution in [2.75, 3.05) is 28.8 Å². The van der Waals surface area contributed by atoms with E-state index in [4.69, 9.17) is 14.1 Å². The molecule has 0 bridgehead atoms. The van der Waals surface area contributed by atoms with Gasteiger partial charge in [0.15, 0.2) is 0 Å². The van der Waals surface area contributed by atoms with Crippen LogP contribution in [0.1, 0.15) is 33.3 Å². The van der Waals surface area contributed by atoms with Crippen LogP contribution in [0, 0.1) is 0 Å². The topological polar surface area (TPSA) is 79.8 Å². The minimum atomic E-state index is -2.87. The predicted octanol–water partition coefficient (Wildman–Crippen LogP) is 7.14. The number of anilines is 4. The monoisotopic (exact) mass is 643 g/mol. The van der Waals surface area contributed by atoms with Crippen LogP contribution in [0.25, 0.3) is 0 Å². The van der Waals surface area contributed by atoms with E-state index in [1.165, 1.54) is 10.4 Å². The molecule has 47 heavy (non-hydrogen) atoms. The first-order valence-corrected chi connectivity index (χ1v) is 17.8. The number of ether oxygens (including phenoxy) is 1. The number of para-hydroxylation sites is 1. The van der Waals surface area contributed by atoms with E-state index in [9.17, 15) is 4.79 Å². The zero-order valence-electron chi connectivity index (χ0n) is 27.6. The van der Waals surface area contributed by atoms with Gasteiger partial charge in [-0.15, -0.1) is 0 Å². The molecule has 0 fully saturated rings. The maximum absolute atomic E-state index is 14.4.